The summed E-state index contributed by atoms with van der Waals surface area (Å²) in [6, 6.07) is 16.0. The lowest BCUT2D eigenvalue weighted by atomic mass is 9.80. The van der Waals surface area contributed by atoms with Gasteiger partial charge >= 0.3 is 0 Å². The predicted octanol–water partition coefficient (Wildman–Crippen LogP) is 17.1. The first-order valence-corrected chi connectivity index (χ1v) is 30.4. The van der Waals surface area contributed by atoms with Gasteiger partial charge in [-0.25, -0.2) is 38.1 Å². The average Bonchev–Trinajstić information content (AvgIpc) is 4.16. The van der Waals surface area contributed by atoms with Gasteiger partial charge in [-0.15, -0.1) is 0 Å². The monoisotopic (exact) mass is 1030 g/mol. The van der Waals surface area contributed by atoms with Crippen LogP contribution in [0.2, 0.25) is 0 Å². The maximum atomic E-state index is 14.1. The van der Waals surface area contributed by atoms with Crippen molar-refractivity contribution in [1.82, 2.24) is 38.9 Å². The third-order valence-electron chi connectivity index (χ3n) is 15.9. The summed E-state index contributed by atoms with van der Waals surface area (Å²) in [6.07, 6.45) is 25.1. The van der Waals surface area contributed by atoms with Gasteiger partial charge in [0.25, 0.3) is 11.3 Å². The molecule has 9 rings (SSSR count). The largest absolute Gasteiger partial charge is 0.324 e. The van der Waals surface area contributed by atoms with Crippen LogP contribution in [0.3, 0.4) is 0 Å². The first-order chi connectivity index (χ1) is 36.8. The first-order valence-electron chi connectivity index (χ1n) is 29.3. The van der Waals surface area contributed by atoms with E-state index >= 15 is 0 Å². The smallest absolute Gasteiger partial charge is 0.269 e. The Balaban J connectivity index is 1.60. The minimum atomic E-state index is -2.56. The Morgan fingerprint density at radius 1 is 0.400 bits per heavy atom. The maximum Gasteiger partial charge on any atom is 0.269 e. The molecule has 11 heteroatoms. The number of aromatic nitrogens is 8. The molecule has 1 atom stereocenters. The van der Waals surface area contributed by atoms with Crippen LogP contribution >= 0.6 is 0 Å². The quantitative estimate of drug-likeness (QED) is 0.0540. The fourth-order valence-corrected chi connectivity index (χ4v) is 12.7. The van der Waals surface area contributed by atoms with E-state index in [0.29, 0.717) is 45.4 Å². The molecular weight excluding hydrogens is 945 g/mol. The Hall–Kier alpha value is -5.65. The van der Waals surface area contributed by atoms with Gasteiger partial charge in [0.2, 0.25) is 0 Å². The van der Waals surface area contributed by atoms with E-state index in [0.717, 1.165) is 193 Å². The zero-order valence-electron chi connectivity index (χ0n) is 46.5. The van der Waals surface area contributed by atoms with Crippen molar-refractivity contribution in [3.8, 4) is 45.6 Å². The summed E-state index contributed by atoms with van der Waals surface area (Å²) >= 11 is -2.56. The summed E-state index contributed by atoms with van der Waals surface area (Å²) in [6.45, 7) is 18.4. The van der Waals surface area contributed by atoms with Gasteiger partial charge in [-0.3, -0.25) is 4.55 Å². The van der Waals surface area contributed by atoms with Crippen molar-refractivity contribution in [3.05, 3.63) is 93.0 Å². The van der Waals surface area contributed by atoms with E-state index in [9.17, 15) is 8.76 Å². The van der Waals surface area contributed by atoms with Crippen molar-refractivity contribution < 1.29 is 8.76 Å². The standard InChI is InChI=1S/C64H82N8O2S/c1-9-17-29-41-42(30-18-10-2)46(34-22-14-6)54-53(45(41)33-21-13-5)59-66-57-49-37-25-26-38-50(49)58(65-57)70-63-51-39-27-28-40-52(51)64(72(63)75(73)74)71-62-56-48(36-24-16-8)44(32-20-12-4)43(31-19-11-3)47(35-23-15-7)55(56)61(69-62)68-60(54)67-59/h25-28,37-40H,9-24,29-36H2,1-8H3,(H,73,74)(H,65,66,67,68,69,70,71). The van der Waals surface area contributed by atoms with Crippen molar-refractivity contribution in [2.45, 2.75) is 209 Å². The molecule has 2 aliphatic rings. The maximum absolute atomic E-state index is 14.1. The van der Waals surface area contributed by atoms with E-state index in [-0.39, 0.29) is 0 Å². The van der Waals surface area contributed by atoms with E-state index in [2.05, 4.69) is 66.4 Å². The molecule has 0 spiro atoms. The molecule has 0 radical (unpaired) electrons. The number of H-pyrrole nitrogens is 1. The lowest BCUT2D eigenvalue weighted by molar-refractivity contribution is 0.557. The van der Waals surface area contributed by atoms with Crippen molar-refractivity contribution in [1.29, 1.82) is 0 Å². The van der Waals surface area contributed by atoms with Crippen LogP contribution in [0.5, 0.6) is 0 Å². The summed E-state index contributed by atoms with van der Waals surface area (Å²) in [5.41, 5.74) is 17.4. The Bertz CT molecular complexity index is 3390. The molecule has 0 saturated carbocycles. The van der Waals surface area contributed by atoms with Crippen molar-refractivity contribution >= 4 is 55.4 Å². The number of unbranched alkanes of at least 4 members (excludes halogenated alkanes) is 8. The number of nitrogens with zero attached hydrogens (tertiary/aromatic N) is 7. The second-order valence-electron chi connectivity index (χ2n) is 21.2. The minimum Gasteiger partial charge on any atom is -0.324 e. The summed E-state index contributed by atoms with van der Waals surface area (Å²) in [5, 5.41) is 3.75. The Kier molecular flexibility index (Phi) is 18.1. The Morgan fingerprint density at radius 2 is 0.707 bits per heavy atom. The van der Waals surface area contributed by atoms with Crippen LogP contribution in [0.4, 0.5) is 0 Å². The van der Waals surface area contributed by atoms with Gasteiger partial charge in [0, 0.05) is 43.8 Å². The molecule has 3 aromatic heterocycles. The molecule has 8 bridgehead atoms. The van der Waals surface area contributed by atoms with Crippen LogP contribution in [0, 0.1) is 0 Å². The van der Waals surface area contributed by atoms with Crippen LogP contribution in [-0.4, -0.2) is 47.6 Å². The van der Waals surface area contributed by atoms with Gasteiger partial charge in [0.1, 0.15) is 11.3 Å². The number of aromatic amines is 1. The van der Waals surface area contributed by atoms with Crippen LogP contribution in [-0.2, 0) is 62.6 Å². The zero-order chi connectivity index (χ0) is 52.6. The summed E-state index contributed by atoms with van der Waals surface area (Å²) < 4.78 is 27.0. The van der Waals surface area contributed by atoms with E-state index in [1.807, 2.05) is 42.5 Å². The SMILES string of the molecule is CCCCc1c(CCCC)c(CCCC)c2c(c1CCCC)-c1nc-2nc2c3ccccc3c(nc3nc(nc4[nH]c(n1)c1c(CCCC)c(CCCC)c(CCCC)c(CCCC)c41)-c1ccccc1-3)n2S(=O)O. The van der Waals surface area contributed by atoms with Crippen molar-refractivity contribution in [3.63, 3.8) is 0 Å². The zero-order valence-corrected chi connectivity index (χ0v) is 47.3. The number of aryl methyl sites for hydroxylation is 2. The number of hydrogen-bond acceptors (Lipinski definition) is 7. The highest BCUT2D eigenvalue weighted by Crippen LogP contribution is 2.47. The van der Waals surface area contributed by atoms with E-state index in [1.54, 1.807) is 0 Å². The molecule has 10 nitrogen and oxygen atoms in total. The lowest BCUT2D eigenvalue weighted by Crippen LogP contribution is -2.10. The normalized spacial score (nSPS) is 12.5. The number of hydrogen-bond donors (Lipinski definition) is 2. The minimum absolute atomic E-state index is 0.309. The number of benzene rings is 4. The molecule has 0 aliphatic carbocycles. The molecule has 5 heterocycles. The fourth-order valence-electron chi connectivity index (χ4n) is 12.1. The Labute approximate surface area is 448 Å². The molecule has 1 unspecified atom stereocenters. The number of rotatable bonds is 25. The molecule has 0 fully saturated rings. The van der Waals surface area contributed by atoms with E-state index in [1.165, 1.54) is 53.9 Å². The highest BCUT2D eigenvalue weighted by Gasteiger charge is 2.33. The summed E-state index contributed by atoms with van der Waals surface area (Å²) in [4.78, 5) is 37.5. The third-order valence-corrected chi connectivity index (χ3v) is 16.6. The van der Waals surface area contributed by atoms with Crippen LogP contribution < -0.4 is 0 Å². The van der Waals surface area contributed by atoms with Crippen molar-refractivity contribution in [2.24, 2.45) is 0 Å². The van der Waals surface area contributed by atoms with E-state index < -0.39 is 11.3 Å². The molecule has 0 amide bonds. The molecule has 2 aliphatic heterocycles. The third kappa shape index (κ3) is 10.6. The van der Waals surface area contributed by atoms with Crippen LogP contribution in [0.25, 0.3) is 89.7 Å². The first kappa shape index (κ1) is 54.2. The summed E-state index contributed by atoms with van der Waals surface area (Å²) in [5.74, 6) is 2.18. The fraction of sp³-hybridized carbons (Fsp3) is 0.500. The Morgan fingerprint density at radius 3 is 1.11 bits per heavy atom. The highest BCUT2D eigenvalue weighted by molar-refractivity contribution is 7.78. The molecular formula is C64H82N8O2S. The topological polar surface area (TPSA) is 135 Å². The second-order valence-corrected chi connectivity index (χ2v) is 22.0. The molecule has 7 aromatic rings. The van der Waals surface area contributed by atoms with Gasteiger partial charge < -0.3 is 4.98 Å². The lowest BCUT2D eigenvalue weighted by Gasteiger charge is -2.24. The van der Waals surface area contributed by atoms with E-state index in [4.69, 9.17) is 29.9 Å². The second kappa shape index (κ2) is 25.0. The van der Waals surface area contributed by atoms with Crippen molar-refractivity contribution in [2.75, 3.05) is 0 Å². The van der Waals surface area contributed by atoms with Gasteiger partial charge in [-0.1, -0.05) is 155 Å². The molecule has 2 N–H and O–H groups in total. The summed E-state index contributed by atoms with van der Waals surface area (Å²) in [7, 11) is 0. The van der Waals surface area contributed by atoms with Crippen LogP contribution in [0.15, 0.2) is 48.5 Å². The number of fused-ring (bicyclic) bond motifs is 20. The molecule has 75 heavy (non-hydrogen) atoms. The van der Waals surface area contributed by atoms with Gasteiger partial charge in [-0.2, -0.15) is 0 Å². The molecule has 0 saturated heterocycles. The predicted molar refractivity (Wildman–Crippen MR) is 315 cm³/mol. The molecule has 4 aromatic carbocycles. The average molecular weight is 1030 g/mol. The van der Waals surface area contributed by atoms with Crippen LogP contribution in [0.1, 0.15) is 203 Å². The van der Waals surface area contributed by atoms with Gasteiger partial charge in [0.05, 0.1) is 0 Å². The van der Waals surface area contributed by atoms with Gasteiger partial charge in [-0.05, 0) is 147 Å². The van der Waals surface area contributed by atoms with Gasteiger partial charge in [0.15, 0.2) is 34.6 Å². The molecule has 396 valence electrons. The number of nitrogens with one attached hydrogen (secondary N) is 1. The highest BCUT2D eigenvalue weighted by atomic mass is 32.2.